The predicted octanol–water partition coefficient (Wildman–Crippen LogP) is 3.69. The van der Waals surface area contributed by atoms with Gasteiger partial charge in [0.1, 0.15) is 0 Å². The Balaban J connectivity index is 3.39. The molecular formula is C16H33NO4S. The highest BCUT2D eigenvalue weighted by atomic mass is 32.2. The molecule has 0 saturated heterocycles. The summed E-state index contributed by atoms with van der Waals surface area (Å²) < 4.78 is 25.8. The molecule has 0 bridgehead atoms. The van der Waals surface area contributed by atoms with Gasteiger partial charge in [-0.25, -0.2) is 13.1 Å². The zero-order valence-electron chi connectivity index (χ0n) is 14.0. The molecule has 0 rings (SSSR count). The molecule has 22 heavy (non-hydrogen) atoms. The summed E-state index contributed by atoms with van der Waals surface area (Å²) in [6.07, 6.45) is 12.1. The molecule has 0 aliphatic heterocycles. The smallest absolute Gasteiger partial charge is 0.303 e. The monoisotopic (exact) mass is 335 g/mol. The summed E-state index contributed by atoms with van der Waals surface area (Å²) in [6, 6.07) is 0. The Morgan fingerprint density at radius 3 is 1.86 bits per heavy atom. The normalized spacial score (nSPS) is 11.7. The van der Waals surface area contributed by atoms with E-state index in [-0.39, 0.29) is 18.7 Å². The lowest BCUT2D eigenvalue weighted by atomic mass is 10.1. The maximum Gasteiger partial charge on any atom is 0.303 e. The molecule has 0 saturated carbocycles. The third-order valence-electron chi connectivity index (χ3n) is 3.66. The third kappa shape index (κ3) is 15.8. The van der Waals surface area contributed by atoms with Gasteiger partial charge >= 0.3 is 5.97 Å². The summed E-state index contributed by atoms with van der Waals surface area (Å²) in [7, 11) is -3.23. The lowest BCUT2D eigenvalue weighted by molar-refractivity contribution is -0.137. The van der Waals surface area contributed by atoms with E-state index in [9.17, 15) is 13.2 Å². The first-order chi connectivity index (χ1) is 10.5. The SMILES string of the molecule is CCCCCCCCCCCCS(=O)(=O)NCCCC(=O)O. The summed E-state index contributed by atoms with van der Waals surface area (Å²) in [5.74, 6) is -0.745. The largest absolute Gasteiger partial charge is 0.481 e. The van der Waals surface area contributed by atoms with Crippen LogP contribution in [0.15, 0.2) is 0 Å². The van der Waals surface area contributed by atoms with Crippen molar-refractivity contribution in [3.8, 4) is 0 Å². The van der Waals surface area contributed by atoms with Crippen molar-refractivity contribution in [1.82, 2.24) is 4.72 Å². The molecule has 0 aromatic carbocycles. The highest BCUT2D eigenvalue weighted by Crippen LogP contribution is 2.10. The number of unbranched alkanes of at least 4 members (excludes halogenated alkanes) is 9. The van der Waals surface area contributed by atoms with Crippen LogP contribution in [-0.2, 0) is 14.8 Å². The summed E-state index contributed by atoms with van der Waals surface area (Å²) >= 11 is 0. The number of carboxylic acid groups (broad SMARTS) is 1. The number of nitrogens with one attached hydrogen (secondary N) is 1. The van der Waals surface area contributed by atoms with Gasteiger partial charge in [0.25, 0.3) is 0 Å². The molecule has 5 nitrogen and oxygen atoms in total. The van der Waals surface area contributed by atoms with E-state index in [2.05, 4.69) is 11.6 Å². The lowest BCUT2D eigenvalue weighted by Crippen LogP contribution is -2.27. The van der Waals surface area contributed by atoms with Crippen molar-refractivity contribution in [2.45, 2.75) is 84.0 Å². The minimum absolute atomic E-state index is 0.000770. The molecule has 0 aromatic heterocycles. The van der Waals surface area contributed by atoms with E-state index in [1.165, 1.54) is 44.9 Å². The van der Waals surface area contributed by atoms with Gasteiger partial charge in [0.2, 0.25) is 10.0 Å². The summed E-state index contributed by atoms with van der Waals surface area (Å²) in [5, 5.41) is 8.47. The molecule has 0 aliphatic carbocycles. The number of rotatable bonds is 16. The molecule has 0 fully saturated rings. The highest BCUT2D eigenvalue weighted by Gasteiger charge is 2.09. The Hall–Kier alpha value is -0.620. The van der Waals surface area contributed by atoms with E-state index >= 15 is 0 Å². The first kappa shape index (κ1) is 21.4. The first-order valence-corrected chi connectivity index (χ1v) is 10.3. The number of hydrogen-bond donors (Lipinski definition) is 2. The topological polar surface area (TPSA) is 83.5 Å². The van der Waals surface area contributed by atoms with Crippen LogP contribution in [-0.4, -0.2) is 31.8 Å². The number of carbonyl (C=O) groups is 1. The van der Waals surface area contributed by atoms with Crippen molar-refractivity contribution >= 4 is 16.0 Å². The van der Waals surface area contributed by atoms with Gasteiger partial charge in [0, 0.05) is 13.0 Å². The van der Waals surface area contributed by atoms with Crippen molar-refractivity contribution in [3.05, 3.63) is 0 Å². The van der Waals surface area contributed by atoms with Gasteiger partial charge < -0.3 is 5.11 Å². The van der Waals surface area contributed by atoms with Gasteiger partial charge in [-0.15, -0.1) is 0 Å². The second kappa shape index (κ2) is 14.0. The van der Waals surface area contributed by atoms with E-state index in [1.807, 2.05) is 0 Å². The molecule has 0 heterocycles. The van der Waals surface area contributed by atoms with E-state index in [1.54, 1.807) is 0 Å². The molecule has 0 amide bonds. The second-order valence-corrected chi connectivity index (χ2v) is 7.82. The highest BCUT2D eigenvalue weighted by molar-refractivity contribution is 7.89. The van der Waals surface area contributed by atoms with E-state index in [4.69, 9.17) is 5.11 Å². The molecule has 0 radical (unpaired) electrons. The first-order valence-electron chi connectivity index (χ1n) is 8.67. The fourth-order valence-corrected chi connectivity index (χ4v) is 3.50. The third-order valence-corrected chi connectivity index (χ3v) is 5.13. The van der Waals surface area contributed by atoms with Crippen molar-refractivity contribution < 1.29 is 18.3 Å². The molecular weight excluding hydrogens is 302 g/mol. The van der Waals surface area contributed by atoms with Crippen molar-refractivity contribution in [2.24, 2.45) is 0 Å². The van der Waals surface area contributed by atoms with E-state index < -0.39 is 16.0 Å². The molecule has 0 aliphatic rings. The van der Waals surface area contributed by atoms with Crippen molar-refractivity contribution in [1.29, 1.82) is 0 Å². The van der Waals surface area contributed by atoms with E-state index in [0.29, 0.717) is 12.8 Å². The number of aliphatic carboxylic acids is 1. The van der Waals surface area contributed by atoms with Crippen LogP contribution in [0.1, 0.15) is 84.0 Å². The zero-order valence-corrected chi connectivity index (χ0v) is 14.8. The van der Waals surface area contributed by atoms with Crippen LogP contribution in [0.5, 0.6) is 0 Å². The van der Waals surface area contributed by atoms with E-state index in [0.717, 1.165) is 12.8 Å². The van der Waals surface area contributed by atoms with Gasteiger partial charge in [-0.2, -0.15) is 0 Å². The summed E-state index contributed by atoms with van der Waals surface area (Å²) in [5.41, 5.74) is 0. The standard InChI is InChI=1S/C16H33NO4S/c1-2-3-4-5-6-7-8-9-10-11-15-22(20,21)17-14-12-13-16(18)19/h17H,2-15H2,1H3,(H,18,19). The molecule has 0 spiro atoms. The van der Waals surface area contributed by atoms with Crippen LogP contribution >= 0.6 is 0 Å². The minimum Gasteiger partial charge on any atom is -0.481 e. The minimum atomic E-state index is -3.23. The number of hydrogen-bond acceptors (Lipinski definition) is 3. The van der Waals surface area contributed by atoms with Crippen molar-refractivity contribution in [3.63, 3.8) is 0 Å². The summed E-state index contributed by atoms with van der Waals surface area (Å²) in [6.45, 7) is 2.43. The molecule has 0 unspecified atom stereocenters. The Morgan fingerprint density at radius 1 is 0.864 bits per heavy atom. The molecule has 0 aromatic rings. The summed E-state index contributed by atoms with van der Waals surface area (Å²) in [4.78, 5) is 10.3. The van der Waals surface area contributed by atoms with Crippen LogP contribution < -0.4 is 4.72 Å². The van der Waals surface area contributed by atoms with Crippen LogP contribution in [0, 0.1) is 0 Å². The Kier molecular flexibility index (Phi) is 13.6. The van der Waals surface area contributed by atoms with Gasteiger partial charge in [-0.1, -0.05) is 64.7 Å². The Labute approximate surface area is 135 Å². The number of carboxylic acids is 1. The maximum absolute atomic E-state index is 11.7. The van der Waals surface area contributed by atoms with Crippen LogP contribution in [0.3, 0.4) is 0 Å². The lowest BCUT2D eigenvalue weighted by Gasteiger charge is -2.06. The van der Waals surface area contributed by atoms with Gasteiger partial charge in [0.05, 0.1) is 5.75 Å². The fourth-order valence-electron chi connectivity index (χ4n) is 2.32. The second-order valence-electron chi connectivity index (χ2n) is 5.89. The number of sulfonamides is 1. The Morgan fingerprint density at radius 2 is 1.36 bits per heavy atom. The average Bonchev–Trinajstić information content (AvgIpc) is 2.45. The molecule has 132 valence electrons. The molecule has 2 N–H and O–H groups in total. The van der Waals surface area contributed by atoms with Crippen LogP contribution in [0.2, 0.25) is 0 Å². The molecule has 0 atom stereocenters. The molecule has 6 heteroatoms. The Bertz CT molecular complexity index is 368. The van der Waals surface area contributed by atoms with Crippen LogP contribution in [0.25, 0.3) is 0 Å². The fraction of sp³-hybridized carbons (Fsp3) is 0.938. The quantitative estimate of drug-likeness (QED) is 0.421. The predicted molar refractivity (Wildman–Crippen MR) is 90.5 cm³/mol. The maximum atomic E-state index is 11.7. The van der Waals surface area contributed by atoms with Crippen molar-refractivity contribution in [2.75, 3.05) is 12.3 Å². The van der Waals surface area contributed by atoms with Gasteiger partial charge in [0.15, 0.2) is 0 Å². The van der Waals surface area contributed by atoms with Gasteiger partial charge in [-0.05, 0) is 12.8 Å². The van der Waals surface area contributed by atoms with Crippen LogP contribution in [0.4, 0.5) is 0 Å². The average molecular weight is 336 g/mol. The van der Waals surface area contributed by atoms with Gasteiger partial charge in [-0.3, -0.25) is 4.79 Å². The zero-order chi connectivity index (χ0) is 16.7.